The summed E-state index contributed by atoms with van der Waals surface area (Å²) in [5, 5.41) is 8.79. The number of esters is 4. The number of hydrogen-bond donors (Lipinski definition) is 3. The normalized spacial score (nSPS) is 22.4. The maximum Gasteiger partial charge on any atom is 0.475 e. The van der Waals surface area contributed by atoms with Crippen LogP contribution in [0.15, 0.2) is 0 Å². The molecule has 26 nitrogen and oxygen atoms in total. The van der Waals surface area contributed by atoms with Gasteiger partial charge in [0.1, 0.15) is 48.7 Å². The first-order valence-electron chi connectivity index (χ1n) is 35.9. The summed E-state index contributed by atoms with van der Waals surface area (Å²) >= 11 is 0. The number of nitrogens with one attached hydrogen (secondary N) is 3. The molecule has 2 heterocycles. The molecule has 0 bridgehead atoms. The molecule has 27 heteroatoms. The molecule has 2 aliphatic heterocycles. The van der Waals surface area contributed by atoms with E-state index in [1.165, 1.54) is 0 Å². The second-order valence-electron chi connectivity index (χ2n) is 24.0. The molecule has 0 aliphatic carbocycles. The van der Waals surface area contributed by atoms with Crippen molar-refractivity contribution >= 4 is 49.4 Å². The van der Waals surface area contributed by atoms with E-state index < -0.39 is 142 Å². The van der Waals surface area contributed by atoms with Gasteiger partial charge in [0.25, 0.3) is 0 Å². The summed E-state index contributed by atoms with van der Waals surface area (Å²) < 4.78 is 110. The Labute approximate surface area is 573 Å². The molecule has 556 valence electrons. The van der Waals surface area contributed by atoms with Crippen molar-refractivity contribution in [2.24, 2.45) is 0 Å². The number of phosphoric acid groups is 1. The average molecular weight is 1390 g/mol. The fraction of sp³-hybridized carbons (Fsp3) is 0.870. The molecule has 0 aromatic carbocycles. The molecular weight excluding hydrogens is 1270 g/mol. The molecule has 0 aromatic rings. The molecule has 14 atom stereocenters. The average Bonchev–Trinajstić information content (AvgIpc) is 0.786. The van der Waals surface area contributed by atoms with Crippen LogP contribution in [0, 0.1) is 12.3 Å². The fourth-order valence-electron chi connectivity index (χ4n) is 9.99. The third-order valence-corrected chi connectivity index (χ3v) is 17.4. The molecule has 5 unspecified atom stereocenters. The Balaban J connectivity index is 3.16. The molecule has 0 spiro atoms. The molecule has 3 amide bonds. The minimum Gasteiger partial charge on any atom is -0.462 e. The van der Waals surface area contributed by atoms with Crippen LogP contribution in [0.5, 0.6) is 0 Å². The van der Waals surface area contributed by atoms with Crippen LogP contribution in [0.1, 0.15) is 237 Å². The van der Waals surface area contributed by atoms with E-state index in [2.05, 4.69) is 21.9 Å². The molecule has 2 fully saturated rings. The third kappa shape index (κ3) is 35.1. The Morgan fingerprint density at radius 2 is 0.906 bits per heavy atom. The maximum absolute atomic E-state index is 15.1. The van der Waals surface area contributed by atoms with E-state index in [1.54, 1.807) is 27.7 Å². The summed E-state index contributed by atoms with van der Waals surface area (Å²) in [6.07, 6.45) is -0.365. The fourth-order valence-corrected chi connectivity index (χ4v) is 11.4. The van der Waals surface area contributed by atoms with Gasteiger partial charge in [-0.3, -0.25) is 47.1 Å². The Hall–Kier alpha value is -4.36. The van der Waals surface area contributed by atoms with E-state index in [9.17, 15) is 33.6 Å². The Kier molecular flexibility index (Phi) is 48.1. The van der Waals surface area contributed by atoms with Crippen LogP contribution in [-0.2, 0) is 109 Å². The number of unbranched alkanes of at least 4 members (excludes halogenated alkanes) is 6. The summed E-state index contributed by atoms with van der Waals surface area (Å²) in [6.45, 7) is 22.4. The number of carbonyl (C=O) groups is 7. The summed E-state index contributed by atoms with van der Waals surface area (Å²) in [7, 11) is -4.63. The van der Waals surface area contributed by atoms with Gasteiger partial charge in [-0.2, -0.15) is 0 Å². The van der Waals surface area contributed by atoms with E-state index in [4.69, 9.17) is 76.8 Å². The molecule has 2 aliphatic rings. The van der Waals surface area contributed by atoms with Crippen molar-refractivity contribution in [2.75, 3.05) is 66.0 Å². The number of phosphoric ester groups is 1. The number of hydrogen-bond acceptors (Lipinski definition) is 23. The summed E-state index contributed by atoms with van der Waals surface area (Å²) in [5.41, 5.74) is 0. The smallest absolute Gasteiger partial charge is 0.462 e. The first-order valence-corrected chi connectivity index (χ1v) is 37.4. The van der Waals surface area contributed by atoms with Crippen LogP contribution < -0.4 is 16.0 Å². The molecule has 96 heavy (non-hydrogen) atoms. The van der Waals surface area contributed by atoms with Crippen LogP contribution in [0.2, 0.25) is 0 Å². The lowest BCUT2D eigenvalue weighted by Gasteiger charge is -2.48. The highest BCUT2D eigenvalue weighted by atomic mass is 31.2. The van der Waals surface area contributed by atoms with Crippen molar-refractivity contribution in [1.82, 2.24) is 16.0 Å². The lowest BCUT2D eigenvalue weighted by molar-refractivity contribution is -0.309. The van der Waals surface area contributed by atoms with Gasteiger partial charge >= 0.3 is 31.7 Å². The second kappa shape index (κ2) is 52.6. The van der Waals surface area contributed by atoms with Crippen LogP contribution in [0.25, 0.3) is 0 Å². The lowest BCUT2D eigenvalue weighted by atomic mass is 9.94. The van der Waals surface area contributed by atoms with Crippen molar-refractivity contribution < 1.29 is 109 Å². The first-order chi connectivity index (χ1) is 46.3. The predicted octanol–water partition coefficient (Wildman–Crippen LogP) is 10.1. The van der Waals surface area contributed by atoms with E-state index >= 15 is 4.57 Å². The number of terminal acetylenes is 1. The predicted molar refractivity (Wildman–Crippen MR) is 358 cm³/mol. The van der Waals surface area contributed by atoms with Crippen LogP contribution in [0.3, 0.4) is 0 Å². The number of carbonyl (C=O) groups excluding carboxylic acids is 7. The maximum atomic E-state index is 15.1. The Morgan fingerprint density at radius 1 is 0.469 bits per heavy atom. The Bertz CT molecular complexity index is 2250. The van der Waals surface area contributed by atoms with Crippen LogP contribution in [0.4, 0.5) is 0 Å². The number of amides is 3. The largest absolute Gasteiger partial charge is 0.475 e. The third-order valence-electron chi connectivity index (χ3n) is 15.9. The molecule has 0 radical (unpaired) electrons. The van der Waals surface area contributed by atoms with E-state index in [0.29, 0.717) is 71.0 Å². The molecule has 2 rings (SSSR count). The van der Waals surface area contributed by atoms with Crippen molar-refractivity contribution in [3.8, 4) is 12.3 Å². The lowest BCUT2D eigenvalue weighted by Crippen LogP contribution is -2.68. The van der Waals surface area contributed by atoms with Gasteiger partial charge in [0.2, 0.25) is 17.7 Å². The van der Waals surface area contributed by atoms with Crippen LogP contribution >= 0.6 is 7.82 Å². The molecule has 0 aromatic heterocycles. The highest BCUT2D eigenvalue weighted by Crippen LogP contribution is 2.53. The summed E-state index contributed by atoms with van der Waals surface area (Å²) in [5.74, 6) is -1.78. The quantitative estimate of drug-likeness (QED) is 0.0168. The van der Waals surface area contributed by atoms with Crippen molar-refractivity contribution in [2.45, 2.75) is 323 Å². The highest BCUT2D eigenvalue weighted by Gasteiger charge is 2.55. The van der Waals surface area contributed by atoms with E-state index in [0.717, 1.165) is 32.1 Å². The molecule has 0 saturated carbocycles. The minimum atomic E-state index is -4.63. The van der Waals surface area contributed by atoms with Gasteiger partial charge in [-0.25, -0.2) is 4.57 Å². The summed E-state index contributed by atoms with van der Waals surface area (Å²) in [6, 6.07) is -2.87. The van der Waals surface area contributed by atoms with Gasteiger partial charge in [-0.1, -0.05) is 122 Å². The zero-order chi connectivity index (χ0) is 71.1. The zero-order valence-corrected chi connectivity index (χ0v) is 60.9. The van der Waals surface area contributed by atoms with Crippen molar-refractivity contribution in [1.29, 1.82) is 0 Å². The van der Waals surface area contributed by atoms with Gasteiger partial charge in [-0.15, -0.1) is 12.3 Å². The van der Waals surface area contributed by atoms with E-state index in [-0.39, 0.29) is 110 Å². The number of ether oxygens (including phenoxy) is 12. The zero-order valence-electron chi connectivity index (χ0n) is 60.0. The molecular formula is C69H122N3O23P. The number of rotatable bonds is 56. The van der Waals surface area contributed by atoms with Gasteiger partial charge < -0.3 is 72.8 Å². The van der Waals surface area contributed by atoms with E-state index in [1.807, 2.05) is 55.4 Å². The van der Waals surface area contributed by atoms with Crippen molar-refractivity contribution in [3.63, 3.8) is 0 Å². The van der Waals surface area contributed by atoms with Gasteiger partial charge in [0, 0.05) is 58.7 Å². The Morgan fingerprint density at radius 3 is 1.41 bits per heavy atom. The minimum absolute atomic E-state index is 0.0262. The molecule has 3 N–H and O–H groups in total. The van der Waals surface area contributed by atoms with Gasteiger partial charge in [-0.05, 0) is 64.2 Å². The molecule has 2 saturated heterocycles. The second-order valence-corrected chi connectivity index (χ2v) is 25.6. The highest BCUT2D eigenvalue weighted by molar-refractivity contribution is 7.48. The standard InChI is InChI=1S/C69H122N3O23P/c1-14-27-34-55(73)70-35-42-85-68-62(71-56(74)43-49(21-8)82-37-29-16-3)66(93-60(78)45-50(22-9)83-38-30-17-4)64(84-39-31-18-5)54(92-68)48-86-69-63(72-57(75)44-51(23-10)89-58(76)25-12)67(94-61(79)46-52(24-11)90-59(77)26-13)65(53(91-69)47-81-36-28-15-2)95-96(80,87-40-32-19-6)88-41-33-20-7/h1,49-54,62-69H,15-48H2,2-13H3,(H,70,73)(H,71,74)(H,72,75)/t49-,50-,51-,52-,53?,54?,62?,63?,64-,65-,66?,67-,68+,69-/m1/s1. The van der Waals surface area contributed by atoms with Gasteiger partial charge in [0.05, 0.1) is 70.9 Å². The first kappa shape index (κ1) is 87.7. The van der Waals surface area contributed by atoms with Gasteiger partial charge in [0.15, 0.2) is 24.8 Å². The van der Waals surface area contributed by atoms with Crippen molar-refractivity contribution in [3.05, 3.63) is 0 Å². The summed E-state index contributed by atoms with van der Waals surface area (Å²) in [4.78, 5) is 96.7. The van der Waals surface area contributed by atoms with Crippen LogP contribution in [-0.4, -0.2) is 193 Å². The topological polar surface area (TPSA) is 311 Å². The SMILES string of the molecule is C#CCCC(=O)NCCO[C@H]1OC(CO[C@@H]2OC(COCCCC)[C@@H](OP(=O)(OCCCC)OCCCC)[C@H](OC(=O)C[C@@H](CC)OC(=O)CC)C2NC(=O)C[C@@H](CC)OC(=O)CC)[C@@H](OCCCC)C(OC(=O)C[C@@H](CC)OCCCC)C1NC(=O)C[C@@H](CC)OCCCC. The monoisotopic (exact) mass is 1390 g/mol.